The minimum atomic E-state index is 0.649. The lowest BCUT2D eigenvalue weighted by atomic mass is 10.1. The van der Waals surface area contributed by atoms with Crippen molar-refractivity contribution in [1.29, 1.82) is 5.26 Å². The van der Waals surface area contributed by atoms with Crippen molar-refractivity contribution < 1.29 is 4.74 Å². The standard InChI is InChI=1S/C17H17NO/c1-13-3-5-15(6-4-13)9-10-19-17-8-7-16(12-18)11-14(17)2/h3-8,11H,9-10H2,1-2H3. The van der Waals surface area contributed by atoms with Gasteiger partial charge in [-0.1, -0.05) is 29.8 Å². The Kier molecular flexibility index (Phi) is 4.20. The Morgan fingerprint density at radius 2 is 1.79 bits per heavy atom. The summed E-state index contributed by atoms with van der Waals surface area (Å²) in [6, 6.07) is 16.1. The molecule has 2 rings (SSSR count). The van der Waals surface area contributed by atoms with Crippen LogP contribution < -0.4 is 4.74 Å². The molecular formula is C17H17NO. The molecule has 0 unspecified atom stereocenters. The van der Waals surface area contributed by atoms with Crippen LogP contribution in [0.2, 0.25) is 0 Å². The smallest absolute Gasteiger partial charge is 0.122 e. The van der Waals surface area contributed by atoms with Crippen LogP contribution in [-0.4, -0.2) is 6.61 Å². The average molecular weight is 251 g/mol. The first kappa shape index (κ1) is 13.2. The Morgan fingerprint density at radius 3 is 2.42 bits per heavy atom. The lowest BCUT2D eigenvalue weighted by Gasteiger charge is -2.09. The van der Waals surface area contributed by atoms with Gasteiger partial charge in [0.2, 0.25) is 0 Å². The summed E-state index contributed by atoms with van der Waals surface area (Å²) in [5.74, 6) is 0.853. The van der Waals surface area contributed by atoms with Crippen LogP contribution >= 0.6 is 0 Å². The van der Waals surface area contributed by atoms with Gasteiger partial charge in [-0.2, -0.15) is 5.26 Å². The van der Waals surface area contributed by atoms with E-state index in [0.29, 0.717) is 12.2 Å². The van der Waals surface area contributed by atoms with Gasteiger partial charge in [0.05, 0.1) is 18.2 Å². The van der Waals surface area contributed by atoms with Crippen molar-refractivity contribution in [2.24, 2.45) is 0 Å². The zero-order chi connectivity index (χ0) is 13.7. The van der Waals surface area contributed by atoms with Crippen molar-refractivity contribution in [3.8, 4) is 11.8 Å². The number of nitriles is 1. The van der Waals surface area contributed by atoms with E-state index >= 15 is 0 Å². The molecule has 0 atom stereocenters. The lowest BCUT2D eigenvalue weighted by Crippen LogP contribution is -2.02. The van der Waals surface area contributed by atoms with Gasteiger partial charge in [0.15, 0.2) is 0 Å². The maximum Gasteiger partial charge on any atom is 0.122 e. The first-order chi connectivity index (χ1) is 9.19. The number of benzene rings is 2. The molecule has 0 saturated heterocycles. The average Bonchev–Trinajstić information content (AvgIpc) is 2.42. The van der Waals surface area contributed by atoms with Crippen LogP contribution in [0.15, 0.2) is 42.5 Å². The fourth-order valence-corrected chi connectivity index (χ4v) is 1.91. The molecule has 0 amide bonds. The van der Waals surface area contributed by atoms with Gasteiger partial charge in [-0.3, -0.25) is 0 Å². The molecule has 96 valence electrons. The minimum Gasteiger partial charge on any atom is -0.493 e. The highest BCUT2D eigenvalue weighted by Crippen LogP contribution is 2.19. The number of hydrogen-bond acceptors (Lipinski definition) is 2. The molecule has 2 aromatic rings. The monoisotopic (exact) mass is 251 g/mol. The fourth-order valence-electron chi connectivity index (χ4n) is 1.91. The van der Waals surface area contributed by atoms with E-state index in [-0.39, 0.29) is 0 Å². The highest BCUT2D eigenvalue weighted by atomic mass is 16.5. The second-order valence-corrected chi connectivity index (χ2v) is 4.68. The summed E-state index contributed by atoms with van der Waals surface area (Å²) in [7, 11) is 0. The van der Waals surface area contributed by atoms with Crippen LogP contribution in [-0.2, 0) is 6.42 Å². The summed E-state index contributed by atoms with van der Waals surface area (Å²) in [6.45, 7) is 4.69. The van der Waals surface area contributed by atoms with Crippen LogP contribution in [0.4, 0.5) is 0 Å². The van der Waals surface area contributed by atoms with E-state index in [1.54, 1.807) is 6.07 Å². The molecule has 0 saturated carbocycles. The van der Waals surface area contributed by atoms with E-state index in [4.69, 9.17) is 10.00 Å². The van der Waals surface area contributed by atoms with Crippen molar-refractivity contribution in [3.05, 3.63) is 64.7 Å². The van der Waals surface area contributed by atoms with Crippen molar-refractivity contribution in [2.75, 3.05) is 6.61 Å². The summed E-state index contributed by atoms with van der Waals surface area (Å²) < 4.78 is 5.76. The molecule has 0 aliphatic heterocycles. The molecule has 2 aromatic carbocycles. The molecular weight excluding hydrogens is 234 g/mol. The second-order valence-electron chi connectivity index (χ2n) is 4.68. The maximum absolute atomic E-state index is 8.81. The third-order valence-corrected chi connectivity index (χ3v) is 3.07. The lowest BCUT2D eigenvalue weighted by molar-refractivity contribution is 0.320. The predicted molar refractivity (Wildman–Crippen MR) is 76.3 cm³/mol. The van der Waals surface area contributed by atoms with Gasteiger partial charge in [-0.15, -0.1) is 0 Å². The summed E-state index contributed by atoms with van der Waals surface area (Å²) in [4.78, 5) is 0. The summed E-state index contributed by atoms with van der Waals surface area (Å²) >= 11 is 0. The van der Waals surface area contributed by atoms with Gasteiger partial charge in [0.1, 0.15) is 5.75 Å². The van der Waals surface area contributed by atoms with E-state index in [1.807, 2.05) is 19.1 Å². The zero-order valence-electron chi connectivity index (χ0n) is 11.3. The molecule has 0 N–H and O–H groups in total. The largest absolute Gasteiger partial charge is 0.493 e. The van der Waals surface area contributed by atoms with Gasteiger partial charge in [0, 0.05) is 6.42 Å². The molecule has 0 radical (unpaired) electrons. The topological polar surface area (TPSA) is 33.0 Å². The highest BCUT2D eigenvalue weighted by molar-refractivity contribution is 5.41. The van der Waals surface area contributed by atoms with Crippen LogP contribution in [0.1, 0.15) is 22.3 Å². The first-order valence-corrected chi connectivity index (χ1v) is 6.38. The Labute approximate surface area is 114 Å². The Morgan fingerprint density at radius 1 is 1.05 bits per heavy atom. The molecule has 0 bridgehead atoms. The quantitative estimate of drug-likeness (QED) is 0.828. The van der Waals surface area contributed by atoms with Crippen LogP contribution in [0.25, 0.3) is 0 Å². The fraction of sp³-hybridized carbons (Fsp3) is 0.235. The van der Waals surface area contributed by atoms with E-state index in [9.17, 15) is 0 Å². The molecule has 0 fully saturated rings. The molecule has 0 heterocycles. The summed E-state index contributed by atoms with van der Waals surface area (Å²) in [6.07, 6.45) is 0.889. The van der Waals surface area contributed by atoms with Gasteiger partial charge in [0.25, 0.3) is 0 Å². The third-order valence-electron chi connectivity index (χ3n) is 3.07. The van der Waals surface area contributed by atoms with Crippen molar-refractivity contribution in [3.63, 3.8) is 0 Å². The van der Waals surface area contributed by atoms with Crippen LogP contribution in [0.5, 0.6) is 5.75 Å². The number of rotatable bonds is 4. The number of nitrogens with zero attached hydrogens (tertiary/aromatic N) is 1. The SMILES string of the molecule is Cc1ccc(CCOc2ccc(C#N)cc2C)cc1. The normalized spacial score (nSPS) is 9.95. The molecule has 0 aliphatic rings. The minimum absolute atomic E-state index is 0.649. The number of aryl methyl sites for hydroxylation is 2. The summed E-state index contributed by atoms with van der Waals surface area (Å²) in [5.41, 5.74) is 4.22. The predicted octanol–water partition coefficient (Wildman–Crippen LogP) is 3.80. The van der Waals surface area contributed by atoms with E-state index in [0.717, 1.165) is 17.7 Å². The first-order valence-electron chi connectivity index (χ1n) is 6.38. The van der Waals surface area contributed by atoms with Crippen molar-refractivity contribution >= 4 is 0 Å². The van der Waals surface area contributed by atoms with Crippen molar-refractivity contribution in [1.82, 2.24) is 0 Å². The highest BCUT2D eigenvalue weighted by Gasteiger charge is 2.01. The molecule has 19 heavy (non-hydrogen) atoms. The second kappa shape index (κ2) is 6.06. The maximum atomic E-state index is 8.81. The van der Waals surface area contributed by atoms with Gasteiger partial charge in [-0.05, 0) is 43.2 Å². The summed E-state index contributed by atoms with van der Waals surface area (Å²) in [5, 5.41) is 8.81. The Hall–Kier alpha value is -2.27. The molecule has 0 spiro atoms. The van der Waals surface area contributed by atoms with Gasteiger partial charge >= 0.3 is 0 Å². The molecule has 2 nitrogen and oxygen atoms in total. The van der Waals surface area contributed by atoms with Crippen LogP contribution in [0.3, 0.4) is 0 Å². The Bertz CT molecular complexity index is 594. The Balaban J connectivity index is 1.92. The van der Waals surface area contributed by atoms with Gasteiger partial charge < -0.3 is 4.74 Å². The third kappa shape index (κ3) is 3.59. The molecule has 0 aliphatic carbocycles. The molecule has 0 aromatic heterocycles. The van der Waals surface area contributed by atoms with E-state index < -0.39 is 0 Å². The van der Waals surface area contributed by atoms with Crippen LogP contribution in [0, 0.1) is 25.2 Å². The number of hydrogen-bond donors (Lipinski definition) is 0. The van der Waals surface area contributed by atoms with E-state index in [2.05, 4.69) is 37.3 Å². The zero-order valence-corrected chi connectivity index (χ0v) is 11.3. The number of ether oxygens (including phenoxy) is 1. The molecule has 2 heteroatoms. The van der Waals surface area contributed by atoms with Gasteiger partial charge in [-0.25, -0.2) is 0 Å². The van der Waals surface area contributed by atoms with Crippen molar-refractivity contribution in [2.45, 2.75) is 20.3 Å². The van der Waals surface area contributed by atoms with E-state index in [1.165, 1.54) is 11.1 Å².